The van der Waals surface area contributed by atoms with E-state index in [4.69, 9.17) is 5.26 Å². The van der Waals surface area contributed by atoms with E-state index in [9.17, 15) is 0 Å². The predicted octanol–water partition coefficient (Wildman–Crippen LogP) is 2.97. The Bertz CT molecular complexity index is 498. The lowest BCUT2D eigenvalue weighted by Gasteiger charge is -2.07. The van der Waals surface area contributed by atoms with Crippen LogP contribution in [-0.2, 0) is 6.54 Å². The second-order valence-corrected chi connectivity index (χ2v) is 3.41. The van der Waals surface area contributed by atoms with Gasteiger partial charge >= 0.3 is 0 Å². The number of nitriles is 1. The van der Waals surface area contributed by atoms with E-state index in [0.29, 0.717) is 12.1 Å². The highest BCUT2D eigenvalue weighted by Gasteiger charge is 1.99. The Hall–Kier alpha value is -2.27. The summed E-state index contributed by atoms with van der Waals surface area (Å²) in [5.74, 6) is 0. The van der Waals surface area contributed by atoms with Crippen molar-refractivity contribution in [3.05, 3.63) is 65.7 Å². The summed E-state index contributed by atoms with van der Waals surface area (Å²) in [5, 5.41) is 12.1. The van der Waals surface area contributed by atoms with Crippen molar-refractivity contribution in [3.8, 4) is 6.07 Å². The van der Waals surface area contributed by atoms with Crippen LogP contribution >= 0.6 is 0 Å². The number of hydrogen-bond acceptors (Lipinski definition) is 2. The summed E-state index contributed by atoms with van der Waals surface area (Å²) in [6.07, 6.45) is 0. The molecule has 0 atom stereocenters. The van der Waals surface area contributed by atoms with Crippen molar-refractivity contribution in [3.63, 3.8) is 0 Å². The van der Waals surface area contributed by atoms with Crippen LogP contribution < -0.4 is 5.32 Å². The van der Waals surface area contributed by atoms with Crippen LogP contribution in [-0.4, -0.2) is 0 Å². The average Bonchev–Trinajstić information content (AvgIpc) is 2.38. The Morgan fingerprint density at radius 2 is 1.94 bits per heavy atom. The Balaban J connectivity index is 2.09. The standard InChI is InChI=1S/C14H11N2/c15-10-13-8-4-5-9-14(13)16-11-12-6-2-1-3-7-12/h1-8,16H,11H2. The van der Waals surface area contributed by atoms with E-state index in [0.717, 1.165) is 5.69 Å². The zero-order valence-corrected chi connectivity index (χ0v) is 8.77. The fourth-order valence-electron chi connectivity index (χ4n) is 1.46. The minimum Gasteiger partial charge on any atom is -0.379 e. The molecule has 0 heterocycles. The molecule has 0 aliphatic carbocycles. The van der Waals surface area contributed by atoms with Gasteiger partial charge in [0.15, 0.2) is 0 Å². The maximum atomic E-state index is 8.91. The Morgan fingerprint density at radius 1 is 1.12 bits per heavy atom. The number of anilines is 1. The fraction of sp³-hybridized carbons (Fsp3) is 0.0714. The van der Waals surface area contributed by atoms with E-state index in [1.54, 1.807) is 12.1 Å². The number of benzene rings is 2. The van der Waals surface area contributed by atoms with E-state index in [1.807, 2.05) is 36.4 Å². The van der Waals surface area contributed by atoms with Crippen LogP contribution in [0.15, 0.2) is 48.5 Å². The van der Waals surface area contributed by atoms with E-state index in [2.05, 4.69) is 17.5 Å². The molecule has 0 aliphatic heterocycles. The second-order valence-electron chi connectivity index (χ2n) is 3.41. The number of nitrogens with one attached hydrogen (secondary N) is 1. The van der Waals surface area contributed by atoms with Gasteiger partial charge in [-0.05, 0) is 11.6 Å². The molecule has 77 valence electrons. The molecule has 2 aromatic rings. The molecule has 1 radical (unpaired) electrons. The van der Waals surface area contributed by atoms with Gasteiger partial charge in [-0.3, -0.25) is 0 Å². The summed E-state index contributed by atoms with van der Waals surface area (Å²) in [5.41, 5.74) is 2.57. The molecule has 0 bridgehead atoms. The highest BCUT2D eigenvalue weighted by Crippen LogP contribution is 2.13. The molecule has 2 heteroatoms. The minimum absolute atomic E-state index is 0.624. The SMILES string of the molecule is N#Cc1ccc[c]c1NCc1ccccc1. The van der Waals surface area contributed by atoms with Gasteiger partial charge in [-0.2, -0.15) is 5.26 Å². The first kappa shape index (κ1) is 10.3. The maximum Gasteiger partial charge on any atom is 0.101 e. The third kappa shape index (κ3) is 2.40. The summed E-state index contributed by atoms with van der Waals surface area (Å²) in [6.45, 7) is 0.704. The average molecular weight is 207 g/mol. The van der Waals surface area contributed by atoms with Crippen LogP contribution in [0.1, 0.15) is 11.1 Å². The molecule has 1 N–H and O–H groups in total. The molecular weight excluding hydrogens is 196 g/mol. The Kier molecular flexibility index (Phi) is 3.20. The quantitative estimate of drug-likeness (QED) is 0.839. The van der Waals surface area contributed by atoms with Crippen LogP contribution in [0.4, 0.5) is 5.69 Å². The zero-order valence-electron chi connectivity index (χ0n) is 8.77. The van der Waals surface area contributed by atoms with Gasteiger partial charge in [-0.15, -0.1) is 0 Å². The normalized spacial score (nSPS) is 9.44. The summed E-state index contributed by atoms with van der Waals surface area (Å²) < 4.78 is 0. The molecule has 2 rings (SSSR count). The molecule has 0 saturated carbocycles. The number of hydrogen-bond donors (Lipinski definition) is 1. The molecule has 0 spiro atoms. The molecule has 0 unspecified atom stereocenters. The van der Waals surface area contributed by atoms with Gasteiger partial charge in [0.05, 0.1) is 11.3 Å². The first-order valence-corrected chi connectivity index (χ1v) is 5.09. The third-order valence-corrected chi connectivity index (χ3v) is 2.29. The lowest BCUT2D eigenvalue weighted by Crippen LogP contribution is -2.00. The Morgan fingerprint density at radius 3 is 2.69 bits per heavy atom. The van der Waals surface area contributed by atoms with Crippen LogP contribution in [0.25, 0.3) is 0 Å². The summed E-state index contributed by atoms with van der Waals surface area (Å²) in [7, 11) is 0. The smallest absolute Gasteiger partial charge is 0.101 e. The van der Waals surface area contributed by atoms with E-state index >= 15 is 0 Å². The van der Waals surface area contributed by atoms with Crippen molar-refractivity contribution in [2.45, 2.75) is 6.54 Å². The maximum absolute atomic E-state index is 8.91. The monoisotopic (exact) mass is 207 g/mol. The number of para-hydroxylation sites is 1. The third-order valence-electron chi connectivity index (χ3n) is 2.29. The molecule has 16 heavy (non-hydrogen) atoms. The fourth-order valence-corrected chi connectivity index (χ4v) is 1.46. The molecule has 0 saturated heterocycles. The van der Waals surface area contributed by atoms with E-state index in [1.165, 1.54) is 5.56 Å². The first-order chi connectivity index (χ1) is 7.90. The Labute approximate surface area is 95.2 Å². The first-order valence-electron chi connectivity index (χ1n) is 5.09. The molecular formula is C14H11N2. The molecule has 0 aliphatic rings. The van der Waals surface area contributed by atoms with Gasteiger partial charge in [-0.1, -0.05) is 42.5 Å². The van der Waals surface area contributed by atoms with E-state index < -0.39 is 0 Å². The number of nitrogens with zero attached hydrogens (tertiary/aromatic N) is 1. The van der Waals surface area contributed by atoms with Crippen LogP contribution in [0, 0.1) is 17.4 Å². The predicted molar refractivity (Wildman–Crippen MR) is 63.8 cm³/mol. The summed E-state index contributed by atoms with van der Waals surface area (Å²) in [4.78, 5) is 0. The van der Waals surface area contributed by atoms with Crippen LogP contribution in [0.5, 0.6) is 0 Å². The van der Waals surface area contributed by atoms with Crippen molar-refractivity contribution < 1.29 is 0 Å². The summed E-state index contributed by atoms with van der Waals surface area (Å²) in [6, 6.07) is 20.6. The highest BCUT2D eigenvalue weighted by atomic mass is 14.9. The van der Waals surface area contributed by atoms with Crippen molar-refractivity contribution in [2.24, 2.45) is 0 Å². The van der Waals surface area contributed by atoms with Crippen molar-refractivity contribution >= 4 is 5.69 Å². The highest BCUT2D eigenvalue weighted by molar-refractivity contribution is 5.56. The van der Waals surface area contributed by atoms with Gasteiger partial charge in [0.2, 0.25) is 0 Å². The molecule has 0 fully saturated rings. The van der Waals surface area contributed by atoms with Crippen molar-refractivity contribution in [1.82, 2.24) is 0 Å². The molecule has 0 amide bonds. The number of rotatable bonds is 3. The van der Waals surface area contributed by atoms with Gasteiger partial charge in [0.1, 0.15) is 6.07 Å². The van der Waals surface area contributed by atoms with Crippen molar-refractivity contribution in [1.29, 1.82) is 5.26 Å². The van der Waals surface area contributed by atoms with Gasteiger partial charge in [-0.25, -0.2) is 0 Å². The second kappa shape index (κ2) is 4.99. The summed E-state index contributed by atoms with van der Waals surface area (Å²) >= 11 is 0. The van der Waals surface area contributed by atoms with Crippen LogP contribution in [0.2, 0.25) is 0 Å². The topological polar surface area (TPSA) is 35.8 Å². The zero-order chi connectivity index (χ0) is 11.2. The van der Waals surface area contributed by atoms with Gasteiger partial charge < -0.3 is 5.32 Å². The largest absolute Gasteiger partial charge is 0.379 e. The van der Waals surface area contributed by atoms with Crippen LogP contribution in [0.3, 0.4) is 0 Å². The van der Waals surface area contributed by atoms with Crippen molar-refractivity contribution in [2.75, 3.05) is 5.32 Å². The molecule has 2 aromatic carbocycles. The molecule has 2 nitrogen and oxygen atoms in total. The van der Waals surface area contributed by atoms with E-state index in [-0.39, 0.29) is 0 Å². The lowest BCUT2D eigenvalue weighted by molar-refractivity contribution is 1.14. The van der Waals surface area contributed by atoms with Gasteiger partial charge in [0, 0.05) is 12.6 Å². The lowest BCUT2D eigenvalue weighted by atomic mass is 10.2. The minimum atomic E-state index is 0.624. The molecule has 0 aromatic heterocycles. The van der Waals surface area contributed by atoms with Gasteiger partial charge in [0.25, 0.3) is 0 Å².